The smallest absolute Gasteiger partial charge is 0.367 e. The number of rotatable bonds is 4. The summed E-state index contributed by atoms with van der Waals surface area (Å²) in [6, 6.07) is 2.52. The van der Waals surface area contributed by atoms with Crippen molar-refractivity contribution in [3.63, 3.8) is 0 Å². The van der Waals surface area contributed by atoms with Crippen LogP contribution in [0, 0.1) is 0 Å². The average molecular weight is 448 g/mol. The number of carbonyl (C=O) groups excluding carboxylic acids is 2. The van der Waals surface area contributed by atoms with Crippen LogP contribution >= 0.6 is 23.5 Å². The van der Waals surface area contributed by atoms with Crippen molar-refractivity contribution in [2.24, 2.45) is 0 Å². The molecule has 0 spiro atoms. The van der Waals surface area contributed by atoms with Gasteiger partial charge in [0.15, 0.2) is 0 Å². The first-order chi connectivity index (χ1) is 14.3. The number of cyclic esters (lactones) is 2. The summed E-state index contributed by atoms with van der Waals surface area (Å²) in [4.78, 5) is 73.5. The van der Waals surface area contributed by atoms with Gasteiger partial charge in [-0.2, -0.15) is 0 Å². The summed E-state index contributed by atoms with van der Waals surface area (Å²) in [5, 5.41) is -0.803. The van der Waals surface area contributed by atoms with Crippen molar-refractivity contribution in [2.75, 3.05) is 11.5 Å². The lowest BCUT2D eigenvalue weighted by Gasteiger charge is -2.07. The molecule has 12 heteroatoms. The number of fused-ring (bicyclic) bond motifs is 2. The van der Waals surface area contributed by atoms with Crippen LogP contribution in [0.3, 0.4) is 0 Å². The summed E-state index contributed by atoms with van der Waals surface area (Å²) in [7, 11) is 0. The second kappa shape index (κ2) is 6.84. The zero-order valence-electron chi connectivity index (χ0n) is 15.1. The second-order valence-corrected chi connectivity index (χ2v) is 8.90. The first kappa shape index (κ1) is 19.1. The predicted octanol–water partition coefficient (Wildman–Crippen LogP) is 0.416. The minimum atomic E-state index is -0.606. The van der Waals surface area contributed by atoms with Gasteiger partial charge in [0, 0.05) is 11.5 Å². The van der Waals surface area contributed by atoms with E-state index < -0.39 is 45.0 Å². The van der Waals surface area contributed by atoms with Crippen LogP contribution in [-0.2, 0) is 22.6 Å². The zero-order chi connectivity index (χ0) is 21.2. The Labute approximate surface area is 174 Å². The number of hydrogen-bond acceptors (Lipinski definition) is 10. The Morgan fingerprint density at radius 2 is 1.00 bits per heavy atom. The van der Waals surface area contributed by atoms with Gasteiger partial charge in [0.25, 0.3) is 22.2 Å². The lowest BCUT2D eigenvalue weighted by atomic mass is 10.1. The highest BCUT2D eigenvalue weighted by molar-refractivity contribution is 8.13. The molecule has 2 aliphatic heterocycles. The number of aromatic nitrogens is 2. The van der Waals surface area contributed by atoms with Gasteiger partial charge in [0.2, 0.25) is 0 Å². The first-order valence-electron chi connectivity index (χ1n) is 8.90. The Morgan fingerprint density at radius 3 is 1.27 bits per heavy atom. The second-order valence-electron chi connectivity index (χ2n) is 6.99. The van der Waals surface area contributed by atoms with Crippen molar-refractivity contribution in [2.45, 2.75) is 25.3 Å². The topological polar surface area (TPSA) is 131 Å². The van der Waals surface area contributed by atoms with Gasteiger partial charge in [-0.15, -0.1) is 0 Å². The predicted molar refractivity (Wildman–Crippen MR) is 110 cm³/mol. The highest BCUT2D eigenvalue weighted by atomic mass is 32.2. The van der Waals surface area contributed by atoms with Crippen LogP contribution in [0.4, 0.5) is 9.59 Å². The number of hydrogen-bond donors (Lipinski definition) is 0. The van der Waals surface area contributed by atoms with Gasteiger partial charge >= 0.3 is 10.6 Å². The van der Waals surface area contributed by atoms with Gasteiger partial charge < -0.3 is 9.47 Å². The summed E-state index contributed by atoms with van der Waals surface area (Å²) in [6.45, 7) is -0.178. The van der Waals surface area contributed by atoms with Gasteiger partial charge in [-0.05, 0) is 35.7 Å². The molecule has 1 aromatic carbocycles. The minimum Gasteiger partial charge on any atom is -0.451 e. The lowest BCUT2D eigenvalue weighted by Crippen LogP contribution is -2.32. The Bertz CT molecular complexity index is 1260. The van der Waals surface area contributed by atoms with E-state index in [9.17, 15) is 28.8 Å². The van der Waals surface area contributed by atoms with E-state index in [-0.39, 0.29) is 34.6 Å². The molecule has 0 saturated carbocycles. The molecule has 3 aromatic rings. The van der Waals surface area contributed by atoms with Crippen molar-refractivity contribution in [1.82, 2.24) is 9.13 Å². The summed E-state index contributed by atoms with van der Waals surface area (Å²) >= 11 is 1.94. The fourth-order valence-corrected chi connectivity index (χ4v) is 5.12. The molecule has 30 heavy (non-hydrogen) atoms. The number of nitrogens with zero attached hydrogens (tertiary/aromatic N) is 2. The molecule has 0 aliphatic carbocycles. The van der Waals surface area contributed by atoms with Gasteiger partial charge in [0.1, 0.15) is 12.2 Å². The molecule has 5 rings (SSSR count). The van der Waals surface area contributed by atoms with E-state index >= 15 is 0 Å². The van der Waals surface area contributed by atoms with Crippen LogP contribution in [-0.4, -0.2) is 43.5 Å². The van der Waals surface area contributed by atoms with E-state index in [0.29, 0.717) is 11.5 Å². The number of carbonyl (C=O) groups is 2. The van der Waals surface area contributed by atoms with Crippen molar-refractivity contribution < 1.29 is 19.1 Å². The van der Waals surface area contributed by atoms with Crippen LogP contribution in [0.2, 0.25) is 0 Å². The van der Waals surface area contributed by atoms with Crippen LogP contribution in [0.15, 0.2) is 31.3 Å². The molecule has 2 aliphatic rings. The number of thioether (sulfide) groups is 2. The molecule has 0 bridgehead atoms. The largest absolute Gasteiger partial charge is 0.451 e. The standard InChI is InChI=1S/C18H12N2O8S2/c21-13-9-1-10-12(16(24)20(14(10)22)4-8-6-30-18(26)28-8)2-11(9)15(23)19(13)3-7-5-29-17(25)27-7/h1-2,7-8H,3-6H2. The maximum Gasteiger partial charge on any atom is 0.367 e. The van der Waals surface area contributed by atoms with Gasteiger partial charge in [-0.3, -0.25) is 28.3 Å². The fraction of sp³-hybridized carbons (Fsp3) is 0.333. The average Bonchev–Trinajstić information content (AvgIpc) is 3.43. The lowest BCUT2D eigenvalue weighted by molar-refractivity contribution is 0.132. The molecule has 0 N–H and O–H groups in total. The molecule has 2 fully saturated rings. The van der Waals surface area contributed by atoms with E-state index in [4.69, 9.17) is 9.47 Å². The Balaban J connectivity index is 1.60. The highest BCUT2D eigenvalue weighted by Crippen LogP contribution is 2.22. The molecule has 2 atom stereocenters. The van der Waals surface area contributed by atoms with E-state index in [2.05, 4.69) is 0 Å². The molecule has 0 radical (unpaired) electrons. The first-order valence-corrected chi connectivity index (χ1v) is 10.9. The molecular weight excluding hydrogens is 436 g/mol. The Kier molecular flexibility index (Phi) is 4.36. The molecule has 10 nitrogen and oxygen atoms in total. The molecular formula is C18H12N2O8S2. The van der Waals surface area contributed by atoms with Crippen LogP contribution < -0.4 is 22.2 Å². The zero-order valence-corrected chi connectivity index (χ0v) is 16.7. The normalized spacial score (nSPS) is 21.6. The van der Waals surface area contributed by atoms with Crippen LogP contribution in [0.5, 0.6) is 0 Å². The van der Waals surface area contributed by atoms with E-state index in [1.54, 1.807) is 0 Å². The maximum absolute atomic E-state index is 12.7. The molecule has 2 aromatic heterocycles. The third-order valence-electron chi connectivity index (χ3n) is 5.13. The van der Waals surface area contributed by atoms with Gasteiger partial charge in [-0.25, -0.2) is 9.59 Å². The number of benzene rings is 1. The summed E-state index contributed by atoms with van der Waals surface area (Å²) in [5.41, 5.74) is -2.42. The van der Waals surface area contributed by atoms with Crippen LogP contribution in [0.1, 0.15) is 0 Å². The Hall–Kier alpha value is -2.86. The van der Waals surface area contributed by atoms with Crippen molar-refractivity contribution >= 4 is 55.7 Å². The minimum absolute atomic E-state index is 0.0292. The summed E-state index contributed by atoms with van der Waals surface area (Å²) in [6.07, 6.45) is -1.19. The molecule has 4 heterocycles. The van der Waals surface area contributed by atoms with Gasteiger partial charge in [-0.1, -0.05) is 0 Å². The summed E-state index contributed by atoms with van der Waals surface area (Å²) in [5.74, 6) is 0.664. The van der Waals surface area contributed by atoms with Crippen molar-refractivity contribution in [1.29, 1.82) is 0 Å². The quantitative estimate of drug-likeness (QED) is 0.517. The molecule has 2 unspecified atom stereocenters. The SMILES string of the molecule is O=C1OC(Cn2c(=O)c3cc4c(=O)n(CC5CSC(=O)O5)c(=O)c4cc3c2=O)CS1. The summed E-state index contributed by atoms with van der Waals surface area (Å²) < 4.78 is 12.0. The fourth-order valence-electron chi connectivity index (χ4n) is 3.72. The van der Waals surface area contributed by atoms with Crippen molar-refractivity contribution in [3.8, 4) is 0 Å². The van der Waals surface area contributed by atoms with Gasteiger partial charge in [0.05, 0.1) is 34.6 Å². The third kappa shape index (κ3) is 2.89. The third-order valence-corrected chi connectivity index (χ3v) is 6.87. The van der Waals surface area contributed by atoms with E-state index in [0.717, 1.165) is 32.7 Å². The monoisotopic (exact) mass is 448 g/mol. The molecule has 0 amide bonds. The van der Waals surface area contributed by atoms with Crippen LogP contribution in [0.25, 0.3) is 21.5 Å². The van der Waals surface area contributed by atoms with Crippen molar-refractivity contribution in [3.05, 3.63) is 53.5 Å². The van der Waals surface area contributed by atoms with E-state index in [1.807, 2.05) is 0 Å². The molecule has 2 saturated heterocycles. The van der Waals surface area contributed by atoms with E-state index in [1.165, 1.54) is 12.1 Å². The number of ether oxygens (including phenoxy) is 2. The Morgan fingerprint density at radius 1 is 0.667 bits per heavy atom. The highest BCUT2D eigenvalue weighted by Gasteiger charge is 2.29. The molecule has 154 valence electrons. The maximum atomic E-state index is 12.7.